The molecule has 2 N–H and O–H groups in total. The number of rotatable bonds is 9. The maximum Gasteiger partial charge on any atom is 0.230 e. The van der Waals surface area contributed by atoms with E-state index in [0.717, 1.165) is 38.5 Å². The number of hydrogen-bond acceptors (Lipinski definition) is 4. The largest absolute Gasteiger partial charge is 0.351 e. The van der Waals surface area contributed by atoms with E-state index in [-0.39, 0.29) is 30.7 Å². The van der Waals surface area contributed by atoms with Crippen LogP contribution in [0.25, 0.3) is 0 Å². The Morgan fingerprint density at radius 2 is 1.92 bits per heavy atom. The number of thioether (sulfide) groups is 1. The zero-order chi connectivity index (χ0) is 15.8. The van der Waals surface area contributed by atoms with Crippen molar-refractivity contribution in [2.24, 2.45) is 0 Å². The first-order valence-corrected chi connectivity index (χ1v) is 9.26. The molecule has 0 aliphatic carbocycles. The molecular weight excluding hydrogens is 365 g/mol. The third-order valence-corrected chi connectivity index (χ3v) is 5.01. The van der Waals surface area contributed by atoms with Crippen molar-refractivity contribution < 1.29 is 4.79 Å². The van der Waals surface area contributed by atoms with Crippen molar-refractivity contribution in [3.63, 3.8) is 0 Å². The zero-order valence-corrected chi connectivity index (χ0v) is 16.9. The maximum atomic E-state index is 11.9. The molecule has 0 fully saturated rings. The third-order valence-electron chi connectivity index (χ3n) is 4.07. The van der Waals surface area contributed by atoms with Gasteiger partial charge in [0, 0.05) is 31.9 Å². The molecule has 1 amide bonds. The van der Waals surface area contributed by atoms with Crippen molar-refractivity contribution in [2.75, 3.05) is 31.1 Å². The van der Waals surface area contributed by atoms with E-state index < -0.39 is 0 Å². The van der Waals surface area contributed by atoms with Gasteiger partial charge in [-0.3, -0.25) is 4.79 Å². The molecule has 1 aromatic carbocycles. The summed E-state index contributed by atoms with van der Waals surface area (Å²) in [6, 6.07) is 6.47. The van der Waals surface area contributed by atoms with Crippen LogP contribution in [0.3, 0.4) is 0 Å². The first kappa shape index (κ1) is 23.5. The fourth-order valence-corrected chi connectivity index (χ4v) is 3.43. The van der Waals surface area contributed by atoms with Crippen molar-refractivity contribution in [2.45, 2.75) is 33.5 Å². The highest BCUT2D eigenvalue weighted by Gasteiger charge is 2.10. The second kappa shape index (κ2) is 12.8. The van der Waals surface area contributed by atoms with Crippen LogP contribution in [0.1, 0.15) is 30.5 Å². The van der Waals surface area contributed by atoms with Crippen LogP contribution in [0.15, 0.2) is 18.2 Å². The van der Waals surface area contributed by atoms with E-state index >= 15 is 0 Å². The molecule has 1 aromatic rings. The van der Waals surface area contributed by atoms with Crippen LogP contribution in [-0.4, -0.2) is 41.9 Å². The molecule has 0 bridgehead atoms. The van der Waals surface area contributed by atoms with Gasteiger partial charge in [0.15, 0.2) is 0 Å². The molecule has 0 atom stereocenters. The summed E-state index contributed by atoms with van der Waals surface area (Å²) in [5.74, 6) is 1.69. The summed E-state index contributed by atoms with van der Waals surface area (Å²) in [7, 11) is 0. The lowest BCUT2D eigenvalue weighted by Crippen LogP contribution is -2.27. The summed E-state index contributed by atoms with van der Waals surface area (Å²) in [6.45, 7) is 10.1. The van der Waals surface area contributed by atoms with Crippen LogP contribution < -0.4 is 10.6 Å². The summed E-state index contributed by atoms with van der Waals surface area (Å²) in [5, 5.41) is 6.35. The smallest absolute Gasteiger partial charge is 0.230 e. The fourth-order valence-electron chi connectivity index (χ4n) is 2.61. The number of nitrogens with zero attached hydrogens (tertiary/aromatic N) is 1. The molecule has 7 heteroatoms. The number of benzene rings is 1. The van der Waals surface area contributed by atoms with E-state index in [4.69, 9.17) is 0 Å². The summed E-state index contributed by atoms with van der Waals surface area (Å²) in [4.78, 5) is 14.3. The van der Waals surface area contributed by atoms with E-state index in [9.17, 15) is 4.79 Å². The lowest BCUT2D eigenvalue weighted by molar-refractivity contribution is -0.118. The highest BCUT2D eigenvalue weighted by atomic mass is 35.5. The fraction of sp³-hybridized carbons (Fsp3) is 0.588. The number of halogens is 2. The quantitative estimate of drug-likeness (QED) is 0.633. The molecule has 2 rings (SSSR count). The van der Waals surface area contributed by atoms with Gasteiger partial charge in [0.25, 0.3) is 0 Å². The molecule has 0 radical (unpaired) electrons. The predicted molar refractivity (Wildman–Crippen MR) is 108 cm³/mol. The SMILES string of the molecule is CCN(CC)CCSCC(=O)NCc1ccc2c(c1)CNC2.Cl.Cl. The van der Waals surface area contributed by atoms with Crippen LogP contribution in [0, 0.1) is 0 Å². The molecule has 0 unspecified atom stereocenters. The molecular formula is C17H29Cl2N3OS. The lowest BCUT2D eigenvalue weighted by Gasteiger charge is -2.17. The van der Waals surface area contributed by atoms with Crippen molar-refractivity contribution in [1.82, 2.24) is 15.5 Å². The van der Waals surface area contributed by atoms with Gasteiger partial charge in [0.05, 0.1) is 5.75 Å². The number of fused-ring (bicyclic) bond motifs is 1. The second-order valence-corrected chi connectivity index (χ2v) is 6.67. The van der Waals surface area contributed by atoms with E-state index in [2.05, 4.69) is 47.6 Å². The lowest BCUT2D eigenvalue weighted by atomic mass is 10.1. The van der Waals surface area contributed by atoms with Crippen LogP contribution in [0.4, 0.5) is 0 Å². The number of carbonyl (C=O) groups is 1. The summed E-state index contributed by atoms with van der Waals surface area (Å²) < 4.78 is 0. The van der Waals surface area contributed by atoms with E-state index in [1.165, 1.54) is 16.7 Å². The number of nitrogens with one attached hydrogen (secondary N) is 2. The average molecular weight is 394 g/mol. The first-order valence-electron chi connectivity index (χ1n) is 8.11. The van der Waals surface area contributed by atoms with E-state index in [1.807, 2.05) is 0 Å². The maximum absolute atomic E-state index is 11.9. The standard InChI is InChI=1S/C17H27N3OS.2ClH/c1-3-20(4-2)7-8-22-13-17(21)19-10-14-5-6-15-11-18-12-16(15)9-14;;/h5-6,9,18H,3-4,7-8,10-13H2,1-2H3,(H,19,21);2*1H. The minimum atomic E-state index is 0. The summed E-state index contributed by atoms with van der Waals surface area (Å²) in [6.07, 6.45) is 0. The molecule has 1 heterocycles. The Morgan fingerprint density at radius 1 is 1.21 bits per heavy atom. The highest BCUT2D eigenvalue weighted by Crippen LogP contribution is 2.16. The molecule has 0 saturated carbocycles. The number of hydrogen-bond donors (Lipinski definition) is 2. The second-order valence-electron chi connectivity index (χ2n) is 5.56. The normalized spacial score (nSPS) is 12.3. The van der Waals surface area contributed by atoms with Gasteiger partial charge in [0.2, 0.25) is 5.91 Å². The molecule has 4 nitrogen and oxygen atoms in total. The monoisotopic (exact) mass is 393 g/mol. The first-order chi connectivity index (χ1) is 10.7. The Balaban J connectivity index is 0.00000264. The van der Waals surface area contributed by atoms with Gasteiger partial charge in [-0.05, 0) is 29.8 Å². The Hall–Kier alpha value is -0.460. The Kier molecular flexibility index (Phi) is 12.6. The average Bonchev–Trinajstić information content (AvgIpc) is 3.00. The van der Waals surface area contributed by atoms with Crippen LogP contribution in [0.2, 0.25) is 0 Å². The van der Waals surface area contributed by atoms with Crippen LogP contribution in [-0.2, 0) is 24.4 Å². The van der Waals surface area contributed by atoms with Gasteiger partial charge in [-0.25, -0.2) is 0 Å². The highest BCUT2D eigenvalue weighted by molar-refractivity contribution is 7.99. The van der Waals surface area contributed by atoms with Crippen LogP contribution >= 0.6 is 36.6 Å². The summed E-state index contributed by atoms with van der Waals surface area (Å²) >= 11 is 1.71. The molecule has 0 saturated heterocycles. The predicted octanol–water partition coefficient (Wildman–Crippen LogP) is 2.82. The van der Waals surface area contributed by atoms with Gasteiger partial charge in [-0.2, -0.15) is 11.8 Å². The van der Waals surface area contributed by atoms with Crippen molar-refractivity contribution >= 4 is 42.5 Å². The summed E-state index contributed by atoms with van der Waals surface area (Å²) in [5.41, 5.74) is 3.92. The third kappa shape index (κ3) is 7.62. The van der Waals surface area contributed by atoms with E-state index in [1.54, 1.807) is 11.8 Å². The Morgan fingerprint density at radius 3 is 2.62 bits per heavy atom. The Bertz CT molecular complexity index is 499. The van der Waals surface area contributed by atoms with Crippen LogP contribution in [0.5, 0.6) is 0 Å². The van der Waals surface area contributed by atoms with Crippen molar-refractivity contribution in [3.05, 3.63) is 34.9 Å². The zero-order valence-electron chi connectivity index (χ0n) is 14.5. The molecule has 0 aromatic heterocycles. The number of carbonyl (C=O) groups excluding carboxylic acids is 1. The minimum absolute atomic E-state index is 0. The van der Waals surface area contributed by atoms with Gasteiger partial charge < -0.3 is 15.5 Å². The molecule has 0 spiro atoms. The number of amides is 1. The molecule has 1 aliphatic rings. The van der Waals surface area contributed by atoms with Gasteiger partial charge in [0.1, 0.15) is 0 Å². The Labute approximate surface area is 162 Å². The van der Waals surface area contributed by atoms with Crippen molar-refractivity contribution in [1.29, 1.82) is 0 Å². The van der Waals surface area contributed by atoms with Gasteiger partial charge >= 0.3 is 0 Å². The van der Waals surface area contributed by atoms with Crippen molar-refractivity contribution in [3.8, 4) is 0 Å². The molecule has 1 aliphatic heterocycles. The topological polar surface area (TPSA) is 44.4 Å². The minimum Gasteiger partial charge on any atom is -0.351 e. The van der Waals surface area contributed by atoms with Gasteiger partial charge in [-0.15, -0.1) is 24.8 Å². The molecule has 24 heavy (non-hydrogen) atoms. The molecule has 138 valence electrons. The van der Waals surface area contributed by atoms with Gasteiger partial charge in [-0.1, -0.05) is 32.0 Å². The van der Waals surface area contributed by atoms with E-state index in [0.29, 0.717) is 12.3 Å².